The van der Waals surface area contributed by atoms with E-state index in [2.05, 4.69) is 10.1 Å². The van der Waals surface area contributed by atoms with Crippen molar-refractivity contribution in [3.63, 3.8) is 0 Å². The highest BCUT2D eigenvalue weighted by Crippen LogP contribution is 2.32. The van der Waals surface area contributed by atoms with Crippen molar-refractivity contribution in [1.82, 2.24) is 14.8 Å². The smallest absolute Gasteiger partial charge is 0.417 e. The number of aryl methyl sites for hydroxylation is 1. The van der Waals surface area contributed by atoms with Crippen LogP contribution in [0.3, 0.4) is 0 Å². The fourth-order valence-electron chi connectivity index (χ4n) is 3.66. The van der Waals surface area contributed by atoms with Gasteiger partial charge in [-0.3, -0.25) is 4.79 Å². The fraction of sp³-hybridized carbons (Fsp3) is 0.400. The molecule has 1 atom stereocenters. The number of carboxylic acid groups (broad SMARTS) is 1. The number of hydrogen-bond acceptors (Lipinski definition) is 5. The minimum Gasteiger partial charge on any atom is -0.493 e. The van der Waals surface area contributed by atoms with Crippen LogP contribution >= 0.6 is 0 Å². The highest BCUT2D eigenvalue weighted by molar-refractivity contribution is 5.72. The van der Waals surface area contributed by atoms with Crippen molar-refractivity contribution in [2.45, 2.75) is 51.6 Å². The van der Waals surface area contributed by atoms with E-state index in [-0.39, 0.29) is 12.3 Å². The summed E-state index contributed by atoms with van der Waals surface area (Å²) in [6.07, 6.45) is 0.0298. The number of aliphatic carboxylic acids is 1. The number of halogens is 3. The summed E-state index contributed by atoms with van der Waals surface area (Å²) in [5.74, 6) is 0.357. The van der Waals surface area contributed by atoms with Gasteiger partial charge in [0.15, 0.2) is 17.3 Å². The number of methoxy groups -OCH3 is 1. The van der Waals surface area contributed by atoms with E-state index < -0.39 is 17.7 Å². The van der Waals surface area contributed by atoms with Crippen LogP contribution in [0.2, 0.25) is 0 Å². The van der Waals surface area contributed by atoms with Crippen LogP contribution in [0.25, 0.3) is 5.82 Å². The van der Waals surface area contributed by atoms with Crippen molar-refractivity contribution in [3.8, 4) is 17.3 Å². The van der Waals surface area contributed by atoms with E-state index in [4.69, 9.17) is 14.6 Å². The summed E-state index contributed by atoms with van der Waals surface area (Å²) in [6.45, 7) is 4.40. The molecular weight excluding hydrogens is 463 g/mol. The third kappa shape index (κ3) is 6.52. The van der Waals surface area contributed by atoms with E-state index >= 15 is 0 Å². The SMILES string of the molecule is CCC(C)c1nn(-c2ccc(C(F)(F)F)cn2)cc1CCCOc1c(CC(=O)O)cccc1OC. The zero-order valence-corrected chi connectivity index (χ0v) is 19.8. The average Bonchev–Trinajstić information content (AvgIpc) is 3.25. The summed E-state index contributed by atoms with van der Waals surface area (Å²) in [5.41, 5.74) is 1.53. The minimum atomic E-state index is -4.45. The maximum absolute atomic E-state index is 12.9. The van der Waals surface area contributed by atoms with Gasteiger partial charge >= 0.3 is 12.1 Å². The second kappa shape index (κ2) is 11.2. The molecule has 1 unspecified atom stereocenters. The van der Waals surface area contributed by atoms with Crippen LogP contribution in [0.5, 0.6) is 11.5 Å². The van der Waals surface area contributed by atoms with Crippen molar-refractivity contribution in [1.29, 1.82) is 0 Å². The summed E-state index contributed by atoms with van der Waals surface area (Å²) in [4.78, 5) is 15.1. The van der Waals surface area contributed by atoms with Crippen LogP contribution in [-0.4, -0.2) is 39.6 Å². The Hall–Kier alpha value is -3.56. The van der Waals surface area contributed by atoms with Gasteiger partial charge in [0, 0.05) is 23.9 Å². The molecular formula is C25H28F3N3O4. The summed E-state index contributed by atoms with van der Waals surface area (Å²) in [5, 5.41) is 13.8. The molecule has 7 nitrogen and oxygen atoms in total. The number of carboxylic acids is 1. The topological polar surface area (TPSA) is 86.5 Å². The number of alkyl halides is 3. The zero-order valence-electron chi connectivity index (χ0n) is 19.8. The first-order valence-corrected chi connectivity index (χ1v) is 11.3. The van der Waals surface area contributed by atoms with E-state index in [0.717, 1.165) is 29.9 Å². The fourth-order valence-corrected chi connectivity index (χ4v) is 3.66. The van der Waals surface area contributed by atoms with Gasteiger partial charge in [-0.25, -0.2) is 9.67 Å². The van der Waals surface area contributed by atoms with Gasteiger partial charge in [0.1, 0.15) is 0 Å². The molecule has 2 aromatic heterocycles. The molecule has 0 radical (unpaired) electrons. The molecule has 0 saturated heterocycles. The van der Waals surface area contributed by atoms with Gasteiger partial charge in [0.25, 0.3) is 0 Å². The predicted octanol–water partition coefficient (Wildman–Crippen LogP) is 5.45. The van der Waals surface area contributed by atoms with Crippen molar-refractivity contribution in [2.24, 2.45) is 0 Å². The molecule has 0 aliphatic carbocycles. The number of hydrogen-bond donors (Lipinski definition) is 1. The Balaban J connectivity index is 1.74. The second-order valence-electron chi connectivity index (χ2n) is 8.17. The number of benzene rings is 1. The molecule has 2 heterocycles. The van der Waals surface area contributed by atoms with Crippen molar-refractivity contribution >= 4 is 5.97 Å². The molecule has 0 aliphatic rings. The Labute approximate surface area is 201 Å². The van der Waals surface area contributed by atoms with E-state index in [1.165, 1.54) is 17.9 Å². The van der Waals surface area contributed by atoms with E-state index in [1.807, 2.05) is 13.8 Å². The molecule has 3 aromatic rings. The van der Waals surface area contributed by atoms with Crippen molar-refractivity contribution in [3.05, 3.63) is 65.1 Å². The Morgan fingerprint density at radius 2 is 1.97 bits per heavy atom. The molecule has 0 amide bonds. The second-order valence-corrected chi connectivity index (χ2v) is 8.17. The maximum atomic E-state index is 12.9. The minimum absolute atomic E-state index is 0.151. The lowest BCUT2D eigenvalue weighted by molar-refractivity contribution is -0.138. The molecule has 1 N–H and O–H groups in total. The highest BCUT2D eigenvalue weighted by Gasteiger charge is 2.30. The number of aromatic nitrogens is 3. The van der Waals surface area contributed by atoms with Crippen molar-refractivity contribution in [2.75, 3.05) is 13.7 Å². The van der Waals surface area contributed by atoms with E-state index in [9.17, 15) is 18.0 Å². The number of ether oxygens (including phenoxy) is 2. The predicted molar refractivity (Wildman–Crippen MR) is 123 cm³/mol. The van der Waals surface area contributed by atoms with E-state index in [0.29, 0.717) is 42.3 Å². The van der Waals surface area contributed by atoms with Crippen LogP contribution in [0.4, 0.5) is 13.2 Å². The highest BCUT2D eigenvalue weighted by atomic mass is 19.4. The molecule has 3 rings (SSSR count). The third-order valence-electron chi connectivity index (χ3n) is 5.67. The van der Waals surface area contributed by atoms with Crippen LogP contribution in [0.15, 0.2) is 42.7 Å². The number of rotatable bonds is 11. The van der Waals surface area contributed by atoms with E-state index in [1.54, 1.807) is 24.4 Å². The summed E-state index contributed by atoms with van der Waals surface area (Å²) >= 11 is 0. The summed E-state index contributed by atoms with van der Waals surface area (Å²) in [7, 11) is 1.49. The lowest BCUT2D eigenvalue weighted by atomic mass is 9.99. The van der Waals surface area contributed by atoms with Crippen LogP contribution in [0, 0.1) is 0 Å². The van der Waals surface area contributed by atoms with Gasteiger partial charge < -0.3 is 14.6 Å². The molecule has 0 saturated carbocycles. The molecule has 188 valence electrons. The van der Waals surface area contributed by atoms with Gasteiger partial charge in [-0.2, -0.15) is 18.3 Å². The standard InChI is InChI=1S/C25H28F3N3O4/c1-4-16(2)23-18(15-31(30-23)21-11-10-19(14-29-21)25(26,27)28)8-6-12-35-24-17(13-22(32)33)7-5-9-20(24)34-3/h5,7,9-11,14-16H,4,6,8,12-13H2,1-3H3,(H,32,33). The number of pyridine rings is 1. The van der Waals surface area contributed by atoms with Gasteiger partial charge in [0.05, 0.1) is 31.4 Å². The lowest BCUT2D eigenvalue weighted by Gasteiger charge is -2.14. The number of carbonyl (C=O) groups is 1. The molecule has 0 spiro atoms. The van der Waals surface area contributed by atoms with Gasteiger partial charge in [-0.05, 0) is 43.0 Å². The quantitative estimate of drug-likeness (QED) is 0.359. The van der Waals surface area contributed by atoms with Crippen LogP contribution < -0.4 is 9.47 Å². The molecule has 0 aliphatic heterocycles. The monoisotopic (exact) mass is 491 g/mol. The molecule has 10 heteroatoms. The largest absolute Gasteiger partial charge is 0.493 e. The van der Waals surface area contributed by atoms with Gasteiger partial charge in [-0.15, -0.1) is 0 Å². The first-order chi connectivity index (χ1) is 16.6. The first kappa shape index (κ1) is 26.1. The summed E-state index contributed by atoms with van der Waals surface area (Å²) < 4.78 is 51.3. The summed E-state index contributed by atoms with van der Waals surface area (Å²) in [6, 6.07) is 7.40. The van der Waals surface area contributed by atoms with Gasteiger partial charge in [-0.1, -0.05) is 26.0 Å². The Morgan fingerprint density at radius 3 is 2.57 bits per heavy atom. The maximum Gasteiger partial charge on any atom is 0.417 e. The Morgan fingerprint density at radius 1 is 1.20 bits per heavy atom. The number of nitrogens with zero attached hydrogens (tertiary/aromatic N) is 3. The molecule has 1 aromatic carbocycles. The zero-order chi connectivity index (χ0) is 25.6. The molecule has 0 bridgehead atoms. The molecule has 0 fully saturated rings. The van der Waals surface area contributed by atoms with Crippen molar-refractivity contribution < 1.29 is 32.5 Å². The van der Waals surface area contributed by atoms with Crippen LogP contribution in [0.1, 0.15) is 55.0 Å². The normalized spacial score (nSPS) is 12.4. The Bertz CT molecular complexity index is 1140. The van der Waals surface area contributed by atoms with Gasteiger partial charge in [0.2, 0.25) is 0 Å². The average molecular weight is 492 g/mol. The first-order valence-electron chi connectivity index (χ1n) is 11.3. The molecule has 35 heavy (non-hydrogen) atoms. The van der Waals surface area contributed by atoms with Crippen LogP contribution in [-0.2, 0) is 23.8 Å². The lowest BCUT2D eigenvalue weighted by Crippen LogP contribution is -2.07. The number of para-hydroxylation sites is 1. The third-order valence-corrected chi connectivity index (χ3v) is 5.67. The Kier molecular flexibility index (Phi) is 8.37.